The Bertz CT molecular complexity index is 190. The molecular formula is C10H24N4O. The molecule has 4 N–H and O–H groups in total. The number of guanidine groups is 1. The summed E-state index contributed by atoms with van der Waals surface area (Å²) in [6, 6.07) is 0. The summed E-state index contributed by atoms with van der Waals surface area (Å²) in [6.45, 7) is 7.63. The second-order valence-electron chi connectivity index (χ2n) is 3.76. The number of hydrazine groups is 1. The monoisotopic (exact) mass is 216 g/mol. The first-order valence-corrected chi connectivity index (χ1v) is 5.40. The highest BCUT2D eigenvalue weighted by molar-refractivity contribution is 5.79. The van der Waals surface area contributed by atoms with Gasteiger partial charge in [0.1, 0.15) is 0 Å². The normalized spacial score (nSPS) is 12.7. The third-order valence-electron chi connectivity index (χ3n) is 2.68. The molecular weight excluding hydrogens is 192 g/mol. The Labute approximate surface area is 92.4 Å². The fourth-order valence-electron chi connectivity index (χ4n) is 1.08. The van der Waals surface area contributed by atoms with E-state index in [1.54, 1.807) is 7.11 Å². The lowest BCUT2D eigenvalue weighted by Crippen LogP contribution is -2.52. The number of hydrogen-bond donors (Lipinski definition) is 3. The molecule has 0 fully saturated rings. The number of ether oxygens (including phenoxy) is 1. The molecule has 0 heterocycles. The maximum absolute atomic E-state index is 5.39. The summed E-state index contributed by atoms with van der Waals surface area (Å²) in [5.74, 6) is 6.01. The quantitative estimate of drug-likeness (QED) is 0.200. The highest BCUT2D eigenvalue weighted by Gasteiger charge is 2.20. The van der Waals surface area contributed by atoms with Gasteiger partial charge in [0.05, 0.1) is 13.2 Å². The molecule has 0 saturated carbocycles. The molecule has 0 aromatic heterocycles. The van der Waals surface area contributed by atoms with Crippen LogP contribution in [-0.4, -0.2) is 31.8 Å². The van der Waals surface area contributed by atoms with Gasteiger partial charge in [0, 0.05) is 12.6 Å². The number of hydrogen-bond acceptors (Lipinski definition) is 3. The van der Waals surface area contributed by atoms with Gasteiger partial charge in [-0.1, -0.05) is 13.8 Å². The third-order valence-corrected chi connectivity index (χ3v) is 2.68. The SMILES string of the molecule is CCC(C)(CC)NC(=NCCOC)NN. The van der Waals surface area contributed by atoms with Gasteiger partial charge in [-0.2, -0.15) is 0 Å². The molecule has 15 heavy (non-hydrogen) atoms. The van der Waals surface area contributed by atoms with Crippen LogP contribution in [0.15, 0.2) is 4.99 Å². The topological polar surface area (TPSA) is 71.7 Å². The zero-order valence-corrected chi connectivity index (χ0v) is 10.3. The molecule has 0 aliphatic heterocycles. The first kappa shape index (κ1) is 14.2. The van der Waals surface area contributed by atoms with E-state index < -0.39 is 0 Å². The lowest BCUT2D eigenvalue weighted by molar-refractivity contribution is 0.207. The molecule has 0 spiro atoms. The minimum absolute atomic E-state index is 0.0400. The number of aliphatic imine (C=N–C) groups is 1. The molecule has 0 aromatic rings. The fourth-order valence-corrected chi connectivity index (χ4v) is 1.08. The standard InChI is InChI=1S/C10H24N4O/c1-5-10(3,6-2)13-9(14-11)12-7-8-15-4/h5-8,11H2,1-4H3,(H2,12,13,14). The fraction of sp³-hybridized carbons (Fsp3) is 0.900. The van der Waals surface area contributed by atoms with Crippen molar-refractivity contribution < 1.29 is 4.74 Å². The van der Waals surface area contributed by atoms with Gasteiger partial charge >= 0.3 is 0 Å². The molecule has 0 aliphatic rings. The van der Waals surface area contributed by atoms with E-state index in [1.165, 1.54) is 0 Å². The minimum Gasteiger partial charge on any atom is -0.383 e. The predicted molar refractivity (Wildman–Crippen MR) is 63.6 cm³/mol. The van der Waals surface area contributed by atoms with Crippen LogP contribution in [0.1, 0.15) is 33.6 Å². The van der Waals surface area contributed by atoms with Crippen LogP contribution < -0.4 is 16.6 Å². The van der Waals surface area contributed by atoms with Gasteiger partial charge in [0.2, 0.25) is 5.96 Å². The molecule has 0 aromatic carbocycles. The number of methoxy groups -OCH3 is 1. The van der Waals surface area contributed by atoms with Crippen molar-refractivity contribution in [3.8, 4) is 0 Å². The molecule has 0 amide bonds. The molecule has 0 rings (SSSR count). The Hall–Kier alpha value is -0.810. The van der Waals surface area contributed by atoms with Crippen LogP contribution in [0.3, 0.4) is 0 Å². The summed E-state index contributed by atoms with van der Waals surface area (Å²) in [4.78, 5) is 4.26. The lowest BCUT2D eigenvalue weighted by atomic mass is 9.96. The van der Waals surface area contributed by atoms with Crippen molar-refractivity contribution in [1.29, 1.82) is 0 Å². The highest BCUT2D eigenvalue weighted by atomic mass is 16.5. The van der Waals surface area contributed by atoms with Crippen molar-refractivity contribution in [2.24, 2.45) is 10.8 Å². The third kappa shape index (κ3) is 5.59. The molecule has 0 atom stereocenters. The Balaban J connectivity index is 4.23. The number of nitrogens with one attached hydrogen (secondary N) is 2. The van der Waals surface area contributed by atoms with Crippen molar-refractivity contribution in [3.05, 3.63) is 0 Å². The lowest BCUT2D eigenvalue weighted by Gasteiger charge is -2.29. The Morgan fingerprint density at radius 2 is 2.00 bits per heavy atom. The molecule has 0 bridgehead atoms. The Morgan fingerprint density at radius 3 is 2.40 bits per heavy atom. The summed E-state index contributed by atoms with van der Waals surface area (Å²) in [5.41, 5.74) is 2.61. The summed E-state index contributed by atoms with van der Waals surface area (Å²) in [5, 5.41) is 3.30. The van der Waals surface area contributed by atoms with Gasteiger partial charge < -0.3 is 10.1 Å². The first-order valence-electron chi connectivity index (χ1n) is 5.40. The Morgan fingerprint density at radius 1 is 1.40 bits per heavy atom. The second kappa shape index (κ2) is 7.48. The maximum atomic E-state index is 5.39. The van der Waals surface area contributed by atoms with E-state index in [1.807, 2.05) is 0 Å². The molecule has 0 saturated heterocycles. The van der Waals surface area contributed by atoms with E-state index in [2.05, 4.69) is 36.5 Å². The van der Waals surface area contributed by atoms with E-state index in [4.69, 9.17) is 10.6 Å². The van der Waals surface area contributed by atoms with Crippen LogP contribution in [-0.2, 0) is 4.74 Å². The van der Waals surface area contributed by atoms with Crippen LogP contribution >= 0.6 is 0 Å². The van der Waals surface area contributed by atoms with Gasteiger partial charge in [-0.3, -0.25) is 5.43 Å². The molecule has 5 heteroatoms. The molecule has 0 aliphatic carbocycles. The largest absolute Gasteiger partial charge is 0.383 e. The zero-order valence-electron chi connectivity index (χ0n) is 10.3. The van der Waals surface area contributed by atoms with E-state index in [9.17, 15) is 0 Å². The smallest absolute Gasteiger partial charge is 0.206 e. The van der Waals surface area contributed by atoms with Gasteiger partial charge in [0.15, 0.2) is 0 Å². The van der Waals surface area contributed by atoms with E-state index in [0.29, 0.717) is 19.1 Å². The average Bonchev–Trinajstić information content (AvgIpc) is 2.27. The van der Waals surface area contributed by atoms with Crippen molar-refractivity contribution >= 4 is 5.96 Å². The van der Waals surface area contributed by atoms with Crippen molar-refractivity contribution in [3.63, 3.8) is 0 Å². The summed E-state index contributed by atoms with van der Waals surface area (Å²) < 4.78 is 4.92. The zero-order chi connectivity index (χ0) is 11.7. The maximum Gasteiger partial charge on any atom is 0.206 e. The molecule has 0 unspecified atom stereocenters. The van der Waals surface area contributed by atoms with Gasteiger partial charge in [-0.15, -0.1) is 0 Å². The van der Waals surface area contributed by atoms with Crippen molar-refractivity contribution in [2.75, 3.05) is 20.3 Å². The van der Waals surface area contributed by atoms with Gasteiger partial charge in [-0.05, 0) is 19.8 Å². The van der Waals surface area contributed by atoms with E-state index in [0.717, 1.165) is 12.8 Å². The number of nitrogens with two attached hydrogens (primary N) is 1. The molecule has 0 radical (unpaired) electrons. The molecule has 5 nitrogen and oxygen atoms in total. The van der Waals surface area contributed by atoms with E-state index >= 15 is 0 Å². The van der Waals surface area contributed by atoms with Crippen LogP contribution in [0.4, 0.5) is 0 Å². The van der Waals surface area contributed by atoms with Crippen LogP contribution in [0, 0.1) is 0 Å². The minimum atomic E-state index is 0.0400. The summed E-state index contributed by atoms with van der Waals surface area (Å²) in [6.07, 6.45) is 2.04. The first-order chi connectivity index (χ1) is 7.11. The number of rotatable bonds is 6. The van der Waals surface area contributed by atoms with E-state index in [-0.39, 0.29) is 5.54 Å². The highest BCUT2D eigenvalue weighted by Crippen LogP contribution is 2.12. The Kier molecular flexibility index (Phi) is 7.07. The van der Waals surface area contributed by atoms with Gasteiger partial charge in [0.25, 0.3) is 0 Å². The average molecular weight is 216 g/mol. The predicted octanol–water partition coefficient (Wildman–Crippen LogP) is 0.620. The van der Waals surface area contributed by atoms with Gasteiger partial charge in [-0.25, -0.2) is 10.8 Å². The number of nitrogens with zero attached hydrogens (tertiary/aromatic N) is 1. The van der Waals surface area contributed by atoms with Crippen LogP contribution in [0.5, 0.6) is 0 Å². The second-order valence-corrected chi connectivity index (χ2v) is 3.76. The van der Waals surface area contributed by atoms with Crippen LogP contribution in [0.2, 0.25) is 0 Å². The summed E-state index contributed by atoms with van der Waals surface area (Å²) in [7, 11) is 1.65. The molecule has 90 valence electrons. The summed E-state index contributed by atoms with van der Waals surface area (Å²) >= 11 is 0. The van der Waals surface area contributed by atoms with Crippen molar-refractivity contribution in [1.82, 2.24) is 10.7 Å². The van der Waals surface area contributed by atoms with Crippen LogP contribution in [0.25, 0.3) is 0 Å². The van der Waals surface area contributed by atoms with Crippen molar-refractivity contribution in [2.45, 2.75) is 39.2 Å².